The predicted molar refractivity (Wildman–Crippen MR) is 106 cm³/mol. The summed E-state index contributed by atoms with van der Waals surface area (Å²) in [5.74, 6) is 2.22. The SMILES string of the molecule is O=C(NCc1cccn1Cc1cccc(F)c1)NC12CC3CC(CC(C3)C1)C2. The van der Waals surface area contributed by atoms with Crippen molar-refractivity contribution in [1.29, 1.82) is 0 Å². The largest absolute Gasteiger partial charge is 0.345 e. The molecule has 0 atom stereocenters. The molecule has 5 heteroatoms. The van der Waals surface area contributed by atoms with Gasteiger partial charge in [0.05, 0.1) is 6.54 Å². The first-order valence-corrected chi connectivity index (χ1v) is 10.5. The van der Waals surface area contributed by atoms with Gasteiger partial charge in [0.1, 0.15) is 5.82 Å². The van der Waals surface area contributed by atoms with Gasteiger partial charge in [0.2, 0.25) is 0 Å². The zero-order valence-electron chi connectivity index (χ0n) is 16.2. The molecule has 6 rings (SSSR count). The van der Waals surface area contributed by atoms with Crippen LogP contribution in [0, 0.1) is 23.6 Å². The van der Waals surface area contributed by atoms with Crippen LogP contribution in [0.1, 0.15) is 49.8 Å². The van der Waals surface area contributed by atoms with Crippen molar-refractivity contribution in [3.63, 3.8) is 0 Å². The first kappa shape index (κ1) is 17.8. The third-order valence-electron chi connectivity index (χ3n) is 7.01. The summed E-state index contributed by atoms with van der Waals surface area (Å²) < 4.78 is 15.5. The molecule has 2 amide bonds. The second-order valence-corrected chi connectivity index (χ2v) is 9.26. The molecule has 4 bridgehead atoms. The number of halogens is 1. The van der Waals surface area contributed by atoms with Crippen LogP contribution in [0.15, 0.2) is 42.6 Å². The second kappa shape index (κ2) is 6.94. The fourth-order valence-corrected chi connectivity index (χ4v) is 6.32. The molecule has 2 aromatic rings. The first-order chi connectivity index (χ1) is 13.6. The molecule has 4 saturated carbocycles. The van der Waals surface area contributed by atoms with Crippen molar-refractivity contribution < 1.29 is 9.18 Å². The number of carbonyl (C=O) groups excluding carboxylic acids is 1. The van der Waals surface area contributed by atoms with Crippen molar-refractivity contribution in [2.45, 2.75) is 57.2 Å². The lowest BCUT2D eigenvalue weighted by Gasteiger charge is -2.56. The molecule has 4 aliphatic carbocycles. The van der Waals surface area contributed by atoms with Gasteiger partial charge in [-0.25, -0.2) is 9.18 Å². The van der Waals surface area contributed by atoms with Crippen molar-refractivity contribution in [2.24, 2.45) is 17.8 Å². The summed E-state index contributed by atoms with van der Waals surface area (Å²) in [6, 6.07) is 10.6. The van der Waals surface area contributed by atoms with Crippen LogP contribution in [0.2, 0.25) is 0 Å². The Morgan fingerprint density at radius 1 is 1.07 bits per heavy atom. The van der Waals surface area contributed by atoms with Crippen molar-refractivity contribution >= 4 is 6.03 Å². The molecule has 1 aromatic heterocycles. The summed E-state index contributed by atoms with van der Waals surface area (Å²) in [5, 5.41) is 6.41. The van der Waals surface area contributed by atoms with E-state index in [0.717, 1.165) is 48.3 Å². The average molecular weight is 381 g/mol. The van der Waals surface area contributed by atoms with E-state index in [1.807, 2.05) is 24.4 Å². The Hall–Kier alpha value is -2.30. The highest BCUT2D eigenvalue weighted by Gasteiger charge is 2.51. The molecule has 4 fully saturated rings. The van der Waals surface area contributed by atoms with E-state index in [1.54, 1.807) is 12.1 Å². The van der Waals surface area contributed by atoms with Crippen molar-refractivity contribution in [3.8, 4) is 0 Å². The first-order valence-electron chi connectivity index (χ1n) is 10.5. The van der Waals surface area contributed by atoms with Gasteiger partial charge in [-0.05, 0) is 86.1 Å². The lowest BCUT2D eigenvalue weighted by molar-refractivity contribution is -0.0135. The van der Waals surface area contributed by atoms with Crippen LogP contribution in [0.5, 0.6) is 0 Å². The molecule has 0 spiro atoms. The normalized spacial score (nSPS) is 30.4. The van der Waals surface area contributed by atoms with Gasteiger partial charge in [-0.1, -0.05) is 12.1 Å². The Morgan fingerprint density at radius 3 is 2.46 bits per heavy atom. The Kier molecular flexibility index (Phi) is 4.41. The molecule has 1 heterocycles. The second-order valence-electron chi connectivity index (χ2n) is 9.26. The molecule has 0 saturated heterocycles. The minimum Gasteiger partial charge on any atom is -0.345 e. The van der Waals surface area contributed by atoms with Gasteiger partial charge in [0.15, 0.2) is 0 Å². The zero-order valence-corrected chi connectivity index (χ0v) is 16.2. The minimum absolute atomic E-state index is 0.0302. The van der Waals surface area contributed by atoms with Gasteiger partial charge >= 0.3 is 6.03 Å². The molecule has 2 N–H and O–H groups in total. The van der Waals surface area contributed by atoms with E-state index in [1.165, 1.54) is 25.3 Å². The lowest BCUT2D eigenvalue weighted by Crippen LogP contribution is -2.61. The number of carbonyl (C=O) groups is 1. The maximum atomic E-state index is 13.4. The summed E-state index contributed by atoms with van der Waals surface area (Å²) in [5.41, 5.74) is 1.96. The smallest absolute Gasteiger partial charge is 0.315 e. The monoisotopic (exact) mass is 381 g/mol. The van der Waals surface area contributed by atoms with Gasteiger partial charge in [-0.15, -0.1) is 0 Å². The van der Waals surface area contributed by atoms with E-state index in [-0.39, 0.29) is 17.4 Å². The lowest BCUT2D eigenvalue weighted by atomic mass is 9.53. The number of urea groups is 1. The average Bonchev–Trinajstić information content (AvgIpc) is 3.05. The molecular formula is C23H28FN3O. The van der Waals surface area contributed by atoms with Gasteiger partial charge in [-0.2, -0.15) is 0 Å². The Bertz CT molecular complexity index is 839. The summed E-state index contributed by atoms with van der Waals surface area (Å²) >= 11 is 0. The highest BCUT2D eigenvalue weighted by Crippen LogP contribution is 2.55. The predicted octanol–water partition coefficient (Wildman–Crippen LogP) is 4.44. The van der Waals surface area contributed by atoms with Crippen molar-refractivity contribution in [3.05, 3.63) is 59.7 Å². The molecule has 28 heavy (non-hydrogen) atoms. The number of hydrogen-bond acceptors (Lipinski definition) is 1. The number of benzene rings is 1. The third-order valence-corrected chi connectivity index (χ3v) is 7.01. The van der Waals surface area contributed by atoms with Crippen molar-refractivity contribution in [1.82, 2.24) is 15.2 Å². The summed E-state index contributed by atoms with van der Waals surface area (Å²) in [7, 11) is 0. The van der Waals surface area contributed by atoms with E-state index in [0.29, 0.717) is 13.1 Å². The van der Waals surface area contributed by atoms with Crippen LogP contribution < -0.4 is 10.6 Å². The van der Waals surface area contributed by atoms with E-state index in [2.05, 4.69) is 15.2 Å². The number of nitrogens with zero attached hydrogens (tertiary/aromatic N) is 1. The van der Waals surface area contributed by atoms with Crippen LogP contribution in [0.4, 0.5) is 9.18 Å². The van der Waals surface area contributed by atoms with E-state index >= 15 is 0 Å². The molecule has 0 radical (unpaired) electrons. The highest BCUT2D eigenvalue weighted by molar-refractivity contribution is 5.74. The van der Waals surface area contributed by atoms with Crippen molar-refractivity contribution in [2.75, 3.05) is 0 Å². The fraction of sp³-hybridized carbons (Fsp3) is 0.522. The zero-order chi connectivity index (χ0) is 19.1. The van der Waals surface area contributed by atoms with Gasteiger partial charge < -0.3 is 15.2 Å². The quantitative estimate of drug-likeness (QED) is 0.790. The molecule has 0 aliphatic heterocycles. The van der Waals surface area contributed by atoms with Gasteiger partial charge in [0, 0.05) is 24.0 Å². The summed E-state index contributed by atoms with van der Waals surface area (Å²) in [4.78, 5) is 12.7. The Balaban J connectivity index is 1.19. The van der Waals surface area contributed by atoms with E-state index in [4.69, 9.17) is 0 Å². The Labute approximate surface area is 165 Å². The molecule has 0 unspecified atom stereocenters. The van der Waals surface area contributed by atoms with E-state index in [9.17, 15) is 9.18 Å². The summed E-state index contributed by atoms with van der Waals surface area (Å²) in [6.45, 7) is 1.07. The Morgan fingerprint density at radius 2 is 1.79 bits per heavy atom. The topological polar surface area (TPSA) is 46.1 Å². The highest BCUT2D eigenvalue weighted by atomic mass is 19.1. The van der Waals surface area contributed by atoms with Gasteiger partial charge in [0.25, 0.3) is 0 Å². The minimum atomic E-state index is -0.223. The molecule has 1 aromatic carbocycles. The van der Waals surface area contributed by atoms with Crippen LogP contribution in [-0.4, -0.2) is 16.1 Å². The van der Waals surface area contributed by atoms with Crippen LogP contribution in [0.3, 0.4) is 0 Å². The van der Waals surface area contributed by atoms with Gasteiger partial charge in [-0.3, -0.25) is 0 Å². The molecule has 4 aliphatic rings. The number of nitrogens with one attached hydrogen (secondary N) is 2. The van der Waals surface area contributed by atoms with Crippen LogP contribution >= 0.6 is 0 Å². The number of hydrogen-bond donors (Lipinski definition) is 2. The third kappa shape index (κ3) is 3.54. The molecule has 4 nitrogen and oxygen atoms in total. The van der Waals surface area contributed by atoms with Crippen LogP contribution in [0.25, 0.3) is 0 Å². The van der Waals surface area contributed by atoms with Crippen LogP contribution in [-0.2, 0) is 13.1 Å². The number of amides is 2. The number of rotatable bonds is 5. The van der Waals surface area contributed by atoms with E-state index < -0.39 is 0 Å². The number of aromatic nitrogens is 1. The maximum Gasteiger partial charge on any atom is 0.315 e. The molecule has 148 valence electrons. The summed E-state index contributed by atoms with van der Waals surface area (Å²) in [6.07, 6.45) is 9.55. The fourth-order valence-electron chi connectivity index (χ4n) is 6.32. The maximum absolute atomic E-state index is 13.4. The standard InChI is InChI=1S/C23H28FN3O/c24-20-4-1-3-16(10-20)15-27-6-2-5-21(27)14-25-22(28)26-23-11-17-7-18(12-23)9-19(8-17)13-23/h1-6,10,17-19H,7-9,11-15H2,(H2,25,26,28). The molecular weight excluding hydrogens is 353 g/mol.